The molecule has 0 N–H and O–H groups in total. The zero-order valence-corrected chi connectivity index (χ0v) is 31.1. The molecule has 8 heteroatoms. The first-order valence-corrected chi connectivity index (χ1v) is 19.2. The van der Waals surface area contributed by atoms with Crippen molar-refractivity contribution in [3.05, 3.63) is 181 Å². The highest BCUT2D eigenvalue weighted by atomic mass is 32.1. The van der Waals surface area contributed by atoms with Crippen molar-refractivity contribution in [1.29, 1.82) is 5.26 Å². The molecule has 266 valence electrons. The Morgan fingerprint density at radius 1 is 0.351 bits per heavy atom. The quantitative estimate of drug-likeness (QED) is 0.160. The predicted molar refractivity (Wildman–Crippen MR) is 229 cm³/mol. The molecule has 10 rings (SSSR count). The summed E-state index contributed by atoms with van der Waals surface area (Å²) in [5.41, 5.74) is 8.12. The van der Waals surface area contributed by atoms with Gasteiger partial charge in [0.05, 0.1) is 11.6 Å². The van der Waals surface area contributed by atoms with Gasteiger partial charge < -0.3 is 0 Å². The third-order valence-corrected chi connectivity index (χ3v) is 11.0. The van der Waals surface area contributed by atoms with Gasteiger partial charge in [0.1, 0.15) is 0 Å². The summed E-state index contributed by atoms with van der Waals surface area (Å²) in [6.45, 7) is 0. The van der Waals surface area contributed by atoms with Crippen LogP contribution >= 0.6 is 11.3 Å². The molecule has 7 nitrogen and oxygen atoms in total. The van der Waals surface area contributed by atoms with Crippen molar-refractivity contribution in [2.75, 3.05) is 0 Å². The smallest absolute Gasteiger partial charge is 0.164 e. The van der Waals surface area contributed by atoms with Crippen molar-refractivity contribution in [2.24, 2.45) is 0 Å². The van der Waals surface area contributed by atoms with Crippen LogP contribution in [0.15, 0.2) is 176 Å². The van der Waals surface area contributed by atoms with Gasteiger partial charge in [-0.05, 0) is 47.5 Å². The summed E-state index contributed by atoms with van der Waals surface area (Å²) in [7, 11) is 0. The van der Waals surface area contributed by atoms with E-state index in [0.717, 1.165) is 64.7 Å². The Balaban J connectivity index is 1.12. The Morgan fingerprint density at radius 2 is 0.772 bits per heavy atom. The van der Waals surface area contributed by atoms with Crippen molar-refractivity contribution in [3.8, 4) is 85.5 Å². The number of nitriles is 1. The van der Waals surface area contributed by atoms with E-state index in [4.69, 9.17) is 29.9 Å². The zero-order chi connectivity index (χ0) is 38.1. The van der Waals surface area contributed by atoms with Crippen molar-refractivity contribution in [2.45, 2.75) is 0 Å². The highest BCUT2D eigenvalue weighted by Crippen LogP contribution is 2.41. The van der Waals surface area contributed by atoms with Crippen LogP contribution in [0.5, 0.6) is 0 Å². The molecule has 0 saturated heterocycles. The van der Waals surface area contributed by atoms with Crippen LogP contribution in [-0.4, -0.2) is 29.9 Å². The van der Waals surface area contributed by atoms with Gasteiger partial charge in [0, 0.05) is 53.6 Å². The normalized spacial score (nSPS) is 11.1. The fourth-order valence-corrected chi connectivity index (χ4v) is 8.09. The third-order valence-electron chi connectivity index (χ3n) is 9.85. The topological polar surface area (TPSA) is 101 Å². The minimum Gasteiger partial charge on any atom is -0.208 e. The van der Waals surface area contributed by atoms with E-state index in [0.29, 0.717) is 40.5 Å². The molecule has 0 saturated carbocycles. The molecule has 57 heavy (non-hydrogen) atoms. The van der Waals surface area contributed by atoms with Gasteiger partial charge in [-0.1, -0.05) is 140 Å². The van der Waals surface area contributed by atoms with E-state index in [1.807, 2.05) is 127 Å². The zero-order valence-electron chi connectivity index (χ0n) is 30.3. The van der Waals surface area contributed by atoms with E-state index in [-0.39, 0.29) is 0 Å². The van der Waals surface area contributed by atoms with E-state index in [1.165, 1.54) is 0 Å². The third kappa shape index (κ3) is 6.59. The second-order valence-electron chi connectivity index (χ2n) is 13.5. The average molecular weight is 748 g/mol. The van der Waals surface area contributed by atoms with E-state index in [1.54, 1.807) is 11.3 Å². The van der Waals surface area contributed by atoms with E-state index in [9.17, 15) is 5.26 Å². The summed E-state index contributed by atoms with van der Waals surface area (Å²) in [5, 5.41) is 11.4. The van der Waals surface area contributed by atoms with Crippen molar-refractivity contribution in [1.82, 2.24) is 29.9 Å². The number of fused-ring (bicyclic) bond motifs is 3. The van der Waals surface area contributed by atoms with E-state index in [2.05, 4.69) is 54.6 Å². The van der Waals surface area contributed by atoms with Crippen LogP contribution < -0.4 is 0 Å². The summed E-state index contributed by atoms with van der Waals surface area (Å²) in [4.78, 5) is 30.2. The van der Waals surface area contributed by atoms with Crippen LogP contribution in [0.25, 0.3) is 99.6 Å². The van der Waals surface area contributed by atoms with Crippen LogP contribution in [0.4, 0.5) is 0 Å². The van der Waals surface area contributed by atoms with Crippen LogP contribution in [0.1, 0.15) is 5.56 Å². The van der Waals surface area contributed by atoms with Crippen molar-refractivity contribution >= 4 is 31.5 Å². The Hall–Kier alpha value is -7.73. The van der Waals surface area contributed by atoms with Gasteiger partial charge in [0.25, 0.3) is 0 Å². The van der Waals surface area contributed by atoms with E-state index < -0.39 is 0 Å². The average Bonchev–Trinajstić information content (AvgIpc) is 3.68. The first-order valence-electron chi connectivity index (χ1n) is 18.4. The monoisotopic (exact) mass is 747 g/mol. The molecular weight excluding hydrogens is 719 g/mol. The summed E-state index contributed by atoms with van der Waals surface area (Å²) >= 11 is 1.74. The number of hydrogen-bond donors (Lipinski definition) is 0. The molecule has 0 bridgehead atoms. The van der Waals surface area contributed by atoms with Gasteiger partial charge >= 0.3 is 0 Å². The van der Waals surface area contributed by atoms with Gasteiger partial charge in [0.15, 0.2) is 34.9 Å². The van der Waals surface area contributed by atoms with Crippen LogP contribution in [-0.2, 0) is 0 Å². The Labute approximate surface area is 332 Å². The minimum absolute atomic E-state index is 0.578. The SMILES string of the molecule is N#Cc1ccc(-c2ccc(-c3nc(-c4ccccc4)nc(-c4cccc5sc6ccc(-c7nc(-c8ccccc8)nc(-c8ccccc8)n7)cc6c45)n3)cc2)cc1. The number of rotatable bonds is 7. The fraction of sp³-hybridized carbons (Fsp3) is 0. The molecule has 0 spiro atoms. The minimum atomic E-state index is 0.578. The molecule has 0 aliphatic rings. The van der Waals surface area contributed by atoms with Gasteiger partial charge in [-0.15, -0.1) is 11.3 Å². The summed E-state index contributed by atoms with van der Waals surface area (Å²) in [6, 6.07) is 60.8. The maximum atomic E-state index is 9.24. The van der Waals surface area contributed by atoms with Gasteiger partial charge in [-0.3, -0.25) is 0 Å². The first kappa shape index (κ1) is 33.8. The first-order chi connectivity index (χ1) is 28.2. The molecule has 0 aliphatic carbocycles. The molecule has 0 atom stereocenters. The molecule has 3 heterocycles. The lowest BCUT2D eigenvalue weighted by Crippen LogP contribution is -2.00. The molecule has 3 aromatic heterocycles. The summed E-state index contributed by atoms with van der Waals surface area (Å²) < 4.78 is 2.26. The van der Waals surface area contributed by atoms with Gasteiger partial charge in [-0.25, -0.2) is 29.9 Å². The second kappa shape index (κ2) is 14.5. The molecule has 0 amide bonds. The molecule has 10 aromatic rings. The standard InChI is InChI=1S/C49H29N7S/c50-30-31-19-21-32(22-20-31)33-23-25-37(26-24-33)47-52-46(36-15-8-3-9-16-36)55-49(56-47)39-17-10-18-42-43(39)40-29-38(27-28-41(40)57-42)48-53-44(34-11-4-1-5-12-34)51-45(54-48)35-13-6-2-7-14-35/h1-29H. The Morgan fingerprint density at radius 3 is 1.28 bits per heavy atom. The highest BCUT2D eigenvalue weighted by Gasteiger charge is 2.19. The molecular formula is C49H29N7S. The Kier molecular flexibility index (Phi) is 8.60. The Bertz CT molecular complexity index is 3050. The molecule has 0 fully saturated rings. The predicted octanol–water partition coefficient (Wildman–Crippen LogP) is 12.0. The maximum absolute atomic E-state index is 9.24. The van der Waals surface area contributed by atoms with Crippen LogP contribution in [0.2, 0.25) is 0 Å². The molecule has 0 aliphatic heterocycles. The second-order valence-corrected chi connectivity index (χ2v) is 14.6. The largest absolute Gasteiger partial charge is 0.208 e. The number of aromatic nitrogens is 6. The van der Waals surface area contributed by atoms with E-state index >= 15 is 0 Å². The highest BCUT2D eigenvalue weighted by molar-refractivity contribution is 7.26. The number of hydrogen-bond acceptors (Lipinski definition) is 8. The van der Waals surface area contributed by atoms with Gasteiger partial charge in [-0.2, -0.15) is 5.26 Å². The van der Waals surface area contributed by atoms with Crippen LogP contribution in [0, 0.1) is 11.3 Å². The number of nitrogens with zero attached hydrogens (tertiary/aromatic N) is 7. The maximum Gasteiger partial charge on any atom is 0.164 e. The lowest BCUT2D eigenvalue weighted by Gasteiger charge is -2.10. The number of thiophene rings is 1. The molecule has 0 unspecified atom stereocenters. The van der Waals surface area contributed by atoms with Crippen molar-refractivity contribution < 1.29 is 0 Å². The fourth-order valence-electron chi connectivity index (χ4n) is 6.98. The summed E-state index contributed by atoms with van der Waals surface area (Å²) in [6.07, 6.45) is 0. The number of benzene rings is 7. The lowest BCUT2D eigenvalue weighted by molar-refractivity contribution is 1.07. The van der Waals surface area contributed by atoms with Crippen LogP contribution in [0.3, 0.4) is 0 Å². The van der Waals surface area contributed by atoms with Gasteiger partial charge in [0.2, 0.25) is 0 Å². The van der Waals surface area contributed by atoms with Crippen molar-refractivity contribution in [3.63, 3.8) is 0 Å². The lowest BCUT2D eigenvalue weighted by atomic mass is 10.0. The summed E-state index contributed by atoms with van der Waals surface area (Å²) in [5.74, 6) is 3.59. The molecule has 7 aromatic carbocycles. The molecule has 0 radical (unpaired) electrons.